The largest absolute Gasteiger partial charge is 0.453 e. The van der Waals surface area contributed by atoms with Crippen molar-refractivity contribution in [2.24, 2.45) is 4.99 Å². The van der Waals surface area contributed by atoms with Crippen molar-refractivity contribution in [1.29, 1.82) is 0 Å². The molecule has 3 fully saturated rings. The zero-order chi connectivity index (χ0) is 37.0. The Morgan fingerprint density at radius 1 is 0.852 bits per heavy atom. The number of amides is 4. The quantitative estimate of drug-likeness (QED) is 0.232. The van der Waals surface area contributed by atoms with E-state index in [-0.39, 0.29) is 30.1 Å². The first-order valence-electron chi connectivity index (χ1n) is 18.7. The molecule has 280 valence electrons. The number of nitrogens with zero attached hydrogens (tertiary/aromatic N) is 6. The lowest BCUT2D eigenvalue weighted by molar-refractivity contribution is -0.133. The summed E-state index contributed by atoms with van der Waals surface area (Å²) in [5, 5.41) is 6.31. The summed E-state index contributed by atoms with van der Waals surface area (Å²) in [5.74, 6) is 1.41. The average Bonchev–Trinajstić information content (AvgIpc) is 4.07. The molecule has 4 aliphatic rings. The Balaban J connectivity index is 0.890. The van der Waals surface area contributed by atoms with Crippen molar-refractivity contribution in [3.63, 3.8) is 0 Å². The van der Waals surface area contributed by atoms with Crippen molar-refractivity contribution >= 4 is 23.9 Å². The molecule has 8 rings (SSSR count). The van der Waals surface area contributed by atoms with Gasteiger partial charge in [0.25, 0.3) is 5.91 Å². The van der Waals surface area contributed by atoms with E-state index >= 15 is 0 Å². The maximum Gasteiger partial charge on any atom is 0.407 e. The Bertz CT molecular complexity index is 1980. The van der Waals surface area contributed by atoms with E-state index in [1.807, 2.05) is 69.6 Å². The third kappa shape index (κ3) is 7.25. The smallest absolute Gasteiger partial charge is 0.407 e. The van der Waals surface area contributed by atoms with E-state index in [0.29, 0.717) is 45.0 Å². The molecular weight excluding hydrogens is 686 g/mol. The number of ether oxygens (including phenoxy) is 2. The summed E-state index contributed by atoms with van der Waals surface area (Å²) in [4.78, 5) is 62.7. The number of likely N-dealkylation sites (tertiary alicyclic amines) is 2. The number of benzene rings is 2. The van der Waals surface area contributed by atoms with Gasteiger partial charge in [-0.15, -0.1) is 0 Å². The van der Waals surface area contributed by atoms with Crippen LogP contribution in [0.15, 0.2) is 84.1 Å². The second-order valence-electron chi connectivity index (χ2n) is 14.1. The van der Waals surface area contributed by atoms with E-state index < -0.39 is 12.1 Å². The number of pyridine rings is 1. The summed E-state index contributed by atoms with van der Waals surface area (Å²) in [6, 6.07) is 20.5. The number of methoxy groups -OCH3 is 1. The van der Waals surface area contributed by atoms with Crippen LogP contribution in [0.4, 0.5) is 9.59 Å². The number of carbonyl (C=O) groups excluding carboxylic acids is 3. The van der Waals surface area contributed by atoms with Crippen molar-refractivity contribution in [2.45, 2.75) is 49.9 Å². The van der Waals surface area contributed by atoms with Gasteiger partial charge >= 0.3 is 12.1 Å². The molecule has 0 spiro atoms. The molecule has 3 N–H and O–H groups in total. The lowest BCUT2D eigenvalue weighted by Crippen LogP contribution is -2.49. The Hall–Kier alpha value is -5.76. The lowest BCUT2D eigenvalue weighted by Gasteiger charge is -2.33. The van der Waals surface area contributed by atoms with Gasteiger partial charge in [-0.2, -0.15) is 0 Å². The number of urea groups is 1. The number of nitrogens with one attached hydrogen (secondary N) is 3. The first-order valence-corrected chi connectivity index (χ1v) is 18.7. The fourth-order valence-electron chi connectivity index (χ4n) is 7.92. The molecular formula is C40H45N9O5. The van der Waals surface area contributed by atoms with Crippen LogP contribution in [-0.4, -0.2) is 113 Å². The van der Waals surface area contributed by atoms with Crippen molar-refractivity contribution in [3.05, 3.63) is 96.1 Å². The van der Waals surface area contributed by atoms with Gasteiger partial charge in [-0.25, -0.2) is 14.6 Å². The zero-order valence-electron chi connectivity index (χ0n) is 30.3. The van der Waals surface area contributed by atoms with Crippen molar-refractivity contribution in [3.8, 4) is 22.5 Å². The zero-order valence-corrected chi connectivity index (χ0v) is 30.3. The Labute approximate surface area is 314 Å². The molecule has 4 amide bonds. The molecule has 1 unspecified atom stereocenters. The number of H-pyrrole nitrogens is 1. The number of aliphatic imine (C=N–C) groups is 1. The van der Waals surface area contributed by atoms with Crippen molar-refractivity contribution < 1.29 is 23.9 Å². The number of aromatic amines is 1. The highest BCUT2D eigenvalue weighted by Crippen LogP contribution is 2.33. The second kappa shape index (κ2) is 15.7. The van der Waals surface area contributed by atoms with Crippen LogP contribution in [-0.2, 0) is 14.3 Å². The third-order valence-corrected chi connectivity index (χ3v) is 10.8. The SMILES string of the molecule is COC(=O)N[C@@H](C(=O)N1CCC[C@H]1C1=NCC(c2ccc(-c3ccc(-c4cnc([C@@H]5CCCN5C(=O)N5CCOCC5)[nH]4)cn3)cc2)N1)c1ccccc1. The fraction of sp³-hybridized carbons (Fsp3) is 0.400. The number of morpholine rings is 1. The normalized spacial score (nSPS) is 21.8. The molecule has 3 saturated heterocycles. The van der Waals surface area contributed by atoms with Gasteiger partial charge in [0.1, 0.15) is 17.7 Å². The van der Waals surface area contributed by atoms with Crippen LogP contribution in [0.25, 0.3) is 22.5 Å². The van der Waals surface area contributed by atoms with Gasteiger partial charge in [0.05, 0.1) is 62.6 Å². The van der Waals surface area contributed by atoms with Gasteiger partial charge in [-0.3, -0.25) is 14.8 Å². The maximum atomic E-state index is 13.9. The molecule has 4 aliphatic heterocycles. The minimum absolute atomic E-state index is 0.0189. The molecule has 0 bridgehead atoms. The number of aromatic nitrogens is 3. The van der Waals surface area contributed by atoms with E-state index in [1.165, 1.54) is 7.11 Å². The number of imidazole rings is 1. The molecule has 14 nitrogen and oxygen atoms in total. The van der Waals surface area contributed by atoms with Crippen LogP contribution in [0, 0.1) is 0 Å². The van der Waals surface area contributed by atoms with Crippen molar-refractivity contribution in [2.75, 3.05) is 53.0 Å². The molecule has 54 heavy (non-hydrogen) atoms. The topological polar surface area (TPSA) is 157 Å². The van der Waals surface area contributed by atoms with Crippen LogP contribution in [0.5, 0.6) is 0 Å². The summed E-state index contributed by atoms with van der Waals surface area (Å²) >= 11 is 0. The number of alkyl carbamates (subject to hydrolysis) is 1. The highest BCUT2D eigenvalue weighted by Gasteiger charge is 2.39. The highest BCUT2D eigenvalue weighted by atomic mass is 16.5. The predicted molar refractivity (Wildman–Crippen MR) is 201 cm³/mol. The van der Waals surface area contributed by atoms with E-state index in [2.05, 4.69) is 44.9 Å². The first kappa shape index (κ1) is 35.3. The van der Waals surface area contributed by atoms with Gasteiger partial charge in [-0.05, 0) is 48.9 Å². The molecule has 2 aromatic heterocycles. The molecule has 4 atom stereocenters. The maximum absolute atomic E-state index is 13.9. The number of hydrogen-bond acceptors (Lipinski definition) is 9. The van der Waals surface area contributed by atoms with Gasteiger partial charge in [0.2, 0.25) is 0 Å². The third-order valence-electron chi connectivity index (χ3n) is 10.8. The van der Waals surface area contributed by atoms with Crippen LogP contribution >= 0.6 is 0 Å². The number of rotatable bonds is 8. The average molecular weight is 732 g/mol. The van der Waals surface area contributed by atoms with Gasteiger partial charge < -0.3 is 39.8 Å². The minimum atomic E-state index is -0.857. The summed E-state index contributed by atoms with van der Waals surface area (Å²) in [6.07, 6.45) is 6.48. The van der Waals surface area contributed by atoms with Crippen LogP contribution < -0.4 is 10.6 Å². The van der Waals surface area contributed by atoms with Crippen LogP contribution in [0.3, 0.4) is 0 Å². The minimum Gasteiger partial charge on any atom is -0.453 e. The molecule has 0 aliphatic carbocycles. The van der Waals surface area contributed by atoms with E-state index in [1.54, 1.807) is 0 Å². The van der Waals surface area contributed by atoms with E-state index in [0.717, 1.165) is 72.0 Å². The number of hydrogen-bond donors (Lipinski definition) is 3. The van der Waals surface area contributed by atoms with E-state index in [4.69, 9.17) is 19.5 Å². The van der Waals surface area contributed by atoms with Crippen molar-refractivity contribution in [1.82, 2.24) is 40.3 Å². The van der Waals surface area contributed by atoms with Crippen LogP contribution in [0.2, 0.25) is 0 Å². The van der Waals surface area contributed by atoms with Gasteiger partial charge in [0, 0.05) is 43.5 Å². The number of carbonyl (C=O) groups is 3. The first-order chi connectivity index (χ1) is 26.5. The molecule has 2 aromatic carbocycles. The molecule has 14 heteroatoms. The molecule has 0 radical (unpaired) electrons. The summed E-state index contributed by atoms with van der Waals surface area (Å²) in [6.45, 7) is 4.28. The monoisotopic (exact) mass is 731 g/mol. The molecule has 6 heterocycles. The predicted octanol–water partition coefficient (Wildman–Crippen LogP) is 4.86. The highest BCUT2D eigenvalue weighted by molar-refractivity contribution is 5.95. The Morgan fingerprint density at radius 2 is 1.59 bits per heavy atom. The molecule has 0 saturated carbocycles. The number of amidine groups is 1. The Kier molecular flexibility index (Phi) is 10.2. The lowest BCUT2D eigenvalue weighted by atomic mass is 10.0. The summed E-state index contributed by atoms with van der Waals surface area (Å²) in [7, 11) is 1.29. The summed E-state index contributed by atoms with van der Waals surface area (Å²) < 4.78 is 10.3. The fourth-order valence-corrected chi connectivity index (χ4v) is 7.92. The Morgan fingerprint density at radius 3 is 2.33 bits per heavy atom. The molecule has 4 aromatic rings. The van der Waals surface area contributed by atoms with Gasteiger partial charge in [-0.1, -0.05) is 54.6 Å². The van der Waals surface area contributed by atoms with E-state index in [9.17, 15) is 14.4 Å². The second-order valence-corrected chi connectivity index (χ2v) is 14.1. The van der Waals surface area contributed by atoms with Gasteiger partial charge in [0.15, 0.2) is 0 Å². The standard InChI is InChI=1S/C40H45N9O5/c1-53-39(51)46-35(28-7-3-2-4-8-28)38(50)48-17-5-9-33(48)36-42-24-31(44-36)27-13-11-26(12-14-27)30-16-15-29(23-41-30)32-25-43-37(45-32)34-10-6-18-49(34)40(52)47-19-21-54-22-20-47/h2-4,7-8,11-16,23,25,31,33-35H,5-6,9-10,17-22,24H2,1H3,(H,42,44)(H,43,45)(H,46,51)/t31?,33-,34-,35+/m0/s1. The summed E-state index contributed by atoms with van der Waals surface area (Å²) in [5.41, 5.74) is 5.43. The van der Waals surface area contributed by atoms with Crippen LogP contribution in [0.1, 0.15) is 60.8 Å².